The summed E-state index contributed by atoms with van der Waals surface area (Å²) in [4.78, 5) is 9.19. The van der Waals surface area contributed by atoms with Crippen LogP contribution in [-0.4, -0.2) is 16.0 Å². The van der Waals surface area contributed by atoms with Crippen LogP contribution < -0.4 is 5.32 Å². The van der Waals surface area contributed by atoms with E-state index in [1.54, 1.807) is 24.3 Å². The Hall–Kier alpha value is -1.10. The van der Waals surface area contributed by atoms with Crippen molar-refractivity contribution >= 4 is 23.4 Å². The number of nitrogens with one attached hydrogen (secondary N) is 1. The summed E-state index contributed by atoms with van der Waals surface area (Å²) in [6, 6.07) is 8.76. The Labute approximate surface area is 121 Å². The van der Waals surface area contributed by atoms with Gasteiger partial charge in [0, 0.05) is 28.7 Å². The van der Waals surface area contributed by atoms with Gasteiger partial charge in [0.1, 0.15) is 11.4 Å². The van der Waals surface area contributed by atoms with Crippen LogP contribution in [0.1, 0.15) is 18.4 Å². The highest BCUT2D eigenvalue weighted by Gasteiger charge is 2.20. The molecule has 2 aromatic rings. The molecule has 0 unspecified atom stereocenters. The van der Waals surface area contributed by atoms with E-state index in [0.717, 1.165) is 27.1 Å². The fourth-order valence-electron chi connectivity index (χ4n) is 1.74. The summed E-state index contributed by atoms with van der Waals surface area (Å²) >= 11 is 7.90. The van der Waals surface area contributed by atoms with Crippen LogP contribution >= 0.6 is 23.4 Å². The summed E-state index contributed by atoms with van der Waals surface area (Å²) in [5.74, 6) is 0. The van der Waals surface area contributed by atoms with Gasteiger partial charge in [0.15, 0.2) is 0 Å². The molecule has 0 bridgehead atoms. The average Bonchev–Trinajstić information content (AvgIpc) is 3.23. The molecule has 1 aromatic carbocycles. The van der Waals surface area contributed by atoms with Crippen LogP contribution in [0.5, 0.6) is 0 Å². The topological polar surface area (TPSA) is 37.8 Å². The molecule has 0 aliphatic heterocycles. The molecule has 0 amide bonds. The van der Waals surface area contributed by atoms with Crippen LogP contribution in [-0.2, 0) is 6.54 Å². The lowest BCUT2D eigenvalue weighted by atomic mass is 10.2. The summed E-state index contributed by atoms with van der Waals surface area (Å²) in [5, 5.41) is 5.21. The molecule has 1 aromatic heterocycles. The molecule has 1 aliphatic carbocycles. The third-order valence-electron chi connectivity index (χ3n) is 2.96. The fraction of sp³-hybridized carbons (Fsp3) is 0.286. The second-order valence-electron chi connectivity index (χ2n) is 4.56. The predicted molar refractivity (Wildman–Crippen MR) is 77.5 cm³/mol. The first-order valence-electron chi connectivity index (χ1n) is 6.27. The van der Waals surface area contributed by atoms with E-state index in [-0.39, 0.29) is 0 Å². The van der Waals surface area contributed by atoms with Crippen molar-refractivity contribution in [2.45, 2.75) is 35.3 Å². The maximum Gasteiger partial charge on any atom is 0.116 e. The van der Waals surface area contributed by atoms with Gasteiger partial charge in [-0.15, -0.1) is 0 Å². The number of rotatable bonds is 5. The predicted octanol–water partition coefficient (Wildman–Crippen LogP) is 3.53. The summed E-state index contributed by atoms with van der Waals surface area (Å²) in [6.07, 6.45) is 5.88. The van der Waals surface area contributed by atoms with Gasteiger partial charge in [-0.3, -0.25) is 0 Å². The molecule has 1 saturated carbocycles. The Bertz CT molecular complexity index is 558. The van der Waals surface area contributed by atoms with E-state index in [4.69, 9.17) is 11.6 Å². The molecule has 1 fully saturated rings. The van der Waals surface area contributed by atoms with Crippen molar-refractivity contribution < 1.29 is 0 Å². The number of nitrogens with zero attached hydrogens (tertiary/aromatic N) is 2. The number of hydrogen-bond acceptors (Lipinski definition) is 4. The molecule has 0 atom stereocenters. The van der Waals surface area contributed by atoms with E-state index < -0.39 is 0 Å². The van der Waals surface area contributed by atoms with Gasteiger partial charge in [0.05, 0.1) is 0 Å². The summed E-state index contributed by atoms with van der Waals surface area (Å²) in [5.41, 5.74) is 1.15. The zero-order valence-corrected chi connectivity index (χ0v) is 11.9. The molecule has 3 nitrogen and oxygen atoms in total. The molecule has 1 aliphatic rings. The molecular formula is C14H14ClN3S. The van der Waals surface area contributed by atoms with E-state index >= 15 is 0 Å². The first-order valence-corrected chi connectivity index (χ1v) is 7.46. The molecule has 3 rings (SSSR count). The van der Waals surface area contributed by atoms with Gasteiger partial charge in [-0.05, 0) is 36.6 Å². The van der Waals surface area contributed by atoms with Gasteiger partial charge in [-0.1, -0.05) is 29.4 Å². The minimum absolute atomic E-state index is 0.700. The van der Waals surface area contributed by atoms with E-state index in [0.29, 0.717) is 6.04 Å². The monoisotopic (exact) mass is 291 g/mol. The van der Waals surface area contributed by atoms with E-state index in [9.17, 15) is 0 Å². The van der Waals surface area contributed by atoms with Crippen molar-refractivity contribution in [1.82, 2.24) is 15.3 Å². The van der Waals surface area contributed by atoms with Crippen LogP contribution in [0.25, 0.3) is 0 Å². The minimum Gasteiger partial charge on any atom is -0.310 e. The van der Waals surface area contributed by atoms with E-state index in [2.05, 4.69) is 27.4 Å². The molecule has 0 radical (unpaired) electrons. The normalized spacial score (nSPS) is 14.6. The van der Waals surface area contributed by atoms with Crippen LogP contribution in [0.2, 0.25) is 5.02 Å². The lowest BCUT2D eigenvalue weighted by Gasteiger charge is -2.07. The third-order valence-corrected chi connectivity index (χ3v) is 4.25. The highest BCUT2D eigenvalue weighted by Crippen LogP contribution is 2.29. The molecule has 1 heterocycles. The van der Waals surface area contributed by atoms with Gasteiger partial charge < -0.3 is 5.32 Å². The largest absolute Gasteiger partial charge is 0.310 e. The molecule has 1 N–H and O–H groups in total. The van der Waals surface area contributed by atoms with Crippen molar-refractivity contribution in [3.63, 3.8) is 0 Å². The quantitative estimate of drug-likeness (QED) is 0.855. The van der Waals surface area contributed by atoms with Crippen molar-refractivity contribution in [3.05, 3.63) is 47.4 Å². The number of halogens is 1. The fourth-order valence-corrected chi connectivity index (χ4v) is 2.83. The van der Waals surface area contributed by atoms with Crippen LogP contribution in [0.3, 0.4) is 0 Å². The maximum absolute atomic E-state index is 6.31. The second kappa shape index (κ2) is 5.90. The Balaban J connectivity index is 1.67. The van der Waals surface area contributed by atoms with Crippen LogP contribution in [0, 0.1) is 0 Å². The Kier molecular flexibility index (Phi) is 4.01. The number of aromatic nitrogens is 2. The van der Waals surface area contributed by atoms with Gasteiger partial charge in [-0.25, -0.2) is 9.97 Å². The smallest absolute Gasteiger partial charge is 0.116 e. The Morgan fingerprint density at radius 1 is 1.32 bits per heavy atom. The molecular weight excluding hydrogens is 278 g/mol. The average molecular weight is 292 g/mol. The van der Waals surface area contributed by atoms with Crippen molar-refractivity contribution in [1.29, 1.82) is 0 Å². The standard InChI is InChI=1S/C14H14ClN3S/c15-13-7-12(19-14-5-6-16-9-18-14)4-1-10(13)8-17-11-2-3-11/h1,4-7,9,11,17H,2-3,8H2. The SMILES string of the molecule is Clc1cc(Sc2ccncn2)ccc1CNC1CC1. The Morgan fingerprint density at radius 3 is 2.89 bits per heavy atom. The molecule has 0 spiro atoms. The molecule has 19 heavy (non-hydrogen) atoms. The maximum atomic E-state index is 6.31. The highest BCUT2D eigenvalue weighted by atomic mass is 35.5. The highest BCUT2D eigenvalue weighted by molar-refractivity contribution is 7.99. The van der Waals surface area contributed by atoms with Crippen molar-refractivity contribution in [3.8, 4) is 0 Å². The van der Waals surface area contributed by atoms with E-state index in [1.807, 2.05) is 12.1 Å². The van der Waals surface area contributed by atoms with Crippen LogP contribution in [0.4, 0.5) is 0 Å². The number of hydrogen-bond donors (Lipinski definition) is 1. The number of benzene rings is 1. The van der Waals surface area contributed by atoms with Gasteiger partial charge in [-0.2, -0.15) is 0 Å². The Morgan fingerprint density at radius 2 is 2.21 bits per heavy atom. The van der Waals surface area contributed by atoms with Crippen molar-refractivity contribution in [2.75, 3.05) is 0 Å². The van der Waals surface area contributed by atoms with E-state index in [1.165, 1.54) is 12.8 Å². The summed E-state index contributed by atoms with van der Waals surface area (Å²) < 4.78 is 0. The van der Waals surface area contributed by atoms with Crippen LogP contribution in [0.15, 0.2) is 46.7 Å². The van der Waals surface area contributed by atoms with Gasteiger partial charge >= 0.3 is 0 Å². The first kappa shape index (κ1) is 12.9. The van der Waals surface area contributed by atoms with Crippen molar-refractivity contribution in [2.24, 2.45) is 0 Å². The van der Waals surface area contributed by atoms with Gasteiger partial charge in [0.25, 0.3) is 0 Å². The summed E-state index contributed by atoms with van der Waals surface area (Å²) in [7, 11) is 0. The second-order valence-corrected chi connectivity index (χ2v) is 6.06. The first-order chi connectivity index (χ1) is 9.31. The molecule has 5 heteroatoms. The summed E-state index contributed by atoms with van der Waals surface area (Å²) in [6.45, 7) is 0.849. The zero-order valence-electron chi connectivity index (χ0n) is 10.3. The minimum atomic E-state index is 0.700. The molecule has 0 saturated heterocycles. The zero-order chi connectivity index (χ0) is 13.1. The van der Waals surface area contributed by atoms with Gasteiger partial charge in [0.2, 0.25) is 0 Å². The lowest BCUT2D eigenvalue weighted by molar-refractivity contribution is 0.687. The lowest BCUT2D eigenvalue weighted by Crippen LogP contribution is -2.15. The third kappa shape index (κ3) is 3.69. The molecule has 98 valence electrons.